The first-order valence-corrected chi connectivity index (χ1v) is 13.0. The number of nitrogens with zero attached hydrogens (tertiary/aromatic N) is 2. The van der Waals surface area contributed by atoms with Crippen molar-refractivity contribution in [2.24, 2.45) is 5.92 Å². The van der Waals surface area contributed by atoms with Crippen LogP contribution in [-0.2, 0) is 6.54 Å². The molecule has 7 nitrogen and oxygen atoms in total. The molecule has 0 aliphatic carbocycles. The summed E-state index contributed by atoms with van der Waals surface area (Å²) >= 11 is 0. The number of carbonyl (C=O) groups excluding carboxylic acids is 1. The maximum Gasteiger partial charge on any atom is 0.291 e. The summed E-state index contributed by atoms with van der Waals surface area (Å²) in [4.78, 5) is 33.5. The third kappa shape index (κ3) is 4.88. The summed E-state index contributed by atoms with van der Waals surface area (Å²) in [6.45, 7) is 9.44. The Hall–Kier alpha value is -4.13. The largest absolute Gasteiger partial charge is 0.490 e. The maximum absolute atomic E-state index is 13.9. The van der Waals surface area contributed by atoms with Gasteiger partial charge in [0.05, 0.1) is 30.2 Å². The van der Waals surface area contributed by atoms with E-state index in [1.165, 1.54) is 0 Å². The molecule has 1 amide bonds. The van der Waals surface area contributed by atoms with E-state index in [0.717, 1.165) is 23.1 Å². The molecular formula is C31H32N2O5. The van der Waals surface area contributed by atoms with Gasteiger partial charge in [-0.3, -0.25) is 14.6 Å². The SMILES string of the molecule is CCOc1cc([C@H]2c3c(oc4ccc(C)cc4c3=O)C(=O)N2Cc2cccnc2)ccc1OCCC(C)C. The number of carbonyl (C=O) groups is 1. The minimum atomic E-state index is -0.650. The van der Waals surface area contributed by atoms with E-state index in [-0.39, 0.29) is 23.6 Å². The first-order valence-electron chi connectivity index (χ1n) is 13.0. The molecule has 2 aromatic heterocycles. The van der Waals surface area contributed by atoms with Crippen molar-refractivity contribution < 1.29 is 18.7 Å². The van der Waals surface area contributed by atoms with E-state index >= 15 is 0 Å². The Bertz CT molecular complexity index is 1530. The third-order valence-corrected chi connectivity index (χ3v) is 6.73. The summed E-state index contributed by atoms with van der Waals surface area (Å²) in [5.74, 6) is 1.49. The van der Waals surface area contributed by atoms with Gasteiger partial charge in [-0.2, -0.15) is 0 Å². The molecular weight excluding hydrogens is 480 g/mol. The smallest absolute Gasteiger partial charge is 0.291 e. The summed E-state index contributed by atoms with van der Waals surface area (Å²) in [6, 6.07) is 14.1. The molecule has 0 unspecified atom stereocenters. The second-order valence-corrected chi connectivity index (χ2v) is 10.0. The predicted octanol–water partition coefficient (Wildman–Crippen LogP) is 6.07. The normalized spacial score (nSPS) is 14.8. The number of hydrogen-bond donors (Lipinski definition) is 0. The highest BCUT2D eigenvalue weighted by atomic mass is 16.5. The Morgan fingerprint density at radius 2 is 1.89 bits per heavy atom. The van der Waals surface area contributed by atoms with E-state index in [1.54, 1.807) is 23.4 Å². The zero-order chi connectivity index (χ0) is 26.8. The van der Waals surface area contributed by atoms with Gasteiger partial charge in [0, 0.05) is 18.9 Å². The van der Waals surface area contributed by atoms with Crippen LogP contribution in [0.5, 0.6) is 11.5 Å². The molecule has 1 aliphatic rings. The summed E-state index contributed by atoms with van der Waals surface area (Å²) in [7, 11) is 0. The van der Waals surface area contributed by atoms with Crippen LogP contribution in [0.2, 0.25) is 0 Å². The monoisotopic (exact) mass is 512 g/mol. The number of aryl methyl sites for hydroxylation is 1. The number of fused-ring (bicyclic) bond motifs is 2. The zero-order valence-corrected chi connectivity index (χ0v) is 22.2. The fraction of sp³-hybridized carbons (Fsp3) is 0.323. The van der Waals surface area contributed by atoms with E-state index in [2.05, 4.69) is 18.8 Å². The van der Waals surface area contributed by atoms with Crippen molar-refractivity contribution in [1.29, 1.82) is 0 Å². The van der Waals surface area contributed by atoms with Gasteiger partial charge in [-0.05, 0) is 67.6 Å². The van der Waals surface area contributed by atoms with Gasteiger partial charge >= 0.3 is 0 Å². The van der Waals surface area contributed by atoms with Gasteiger partial charge in [0.2, 0.25) is 5.76 Å². The number of pyridine rings is 1. The minimum absolute atomic E-state index is 0.0791. The summed E-state index contributed by atoms with van der Waals surface area (Å²) in [5.41, 5.74) is 3.09. The van der Waals surface area contributed by atoms with Crippen molar-refractivity contribution in [3.8, 4) is 11.5 Å². The maximum atomic E-state index is 13.9. The Morgan fingerprint density at radius 1 is 1.05 bits per heavy atom. The van der Waals surface area contributed by atoms with Gasteiger partial charge in [0.15, 0.2) is 16.9 Å². The third-order valence-electron chi connectivity index (χ3n) is 6.73. The lowest BCUT2D eigenvalue weighted by molar-refractivity contribution is 0.0714. The topological polar surface area (TPSA) is 81.9 Å². The van der Waals surface area contributed by atoms with Crippen LogP contribution in [-0.4, -0.2) is 29.0 Å². The number of aromatic nitrogens is 1. The van der Waals surface area contributed by atoms with Crippen molar-refractivity contribution in [2.75, 3.05) is 13.2 Å². The van der Waals surface area contributed by atoms with Crippen LogP contribution in [0.3, 0.4) is 0 Å². The lowest BCUT2D eigenvalue weighted by Crippen LogP contribution is -2.29. The molecule has 1 atom stereocenters. The Balaban J connectivity index is 1.64. The van der Waals surface area contributed by atoms with Crippen molar-refractivity contribution >= 4 is 16.9 Å². The standard InChI is InChI=1S/C31H32N2O5/c1-5-36-26-16-22(9-11-25(26)37-14-12-19(2)3)28-27-29(34)23-15-20(4)8-10-24(23)38-30(27)31(35)33(28)18-21-7-6-13-32-17-21/h6-11,13,15-17,19,28H,5,12,14,18H2,1-4H3/t28-/m0/s1. The average Bonchev–Trinajstić information content (AvgIpc) is 3.17. The van der Waals surface area contributed by atoms with Gasteiger partial charge in [-0.15, -0.1) is 0 Å². The molecule has 3 heterocycles. The minimum Gasteiger partial charge on any atom is -0.490 e. The predicted molar refractivity (Wildman–Crippen MR) is 146 cm³/mol. The van der Waals surface area contributed by atoms with Gasteiger partial charge in [0.1, 0.15) is 5.58 Å². The quantitative estimate of drug-likeness (QED) is 0.271. The van der Waals surface area contributed by atoms with Crippen LogP contribution < -0.4 is 14.9 Å². The van der Waals surface area contributed by atoms with Gasteiger partial charge < -0.3 is 18.8 Å². The van der Waals surface area contributed by atoms with Crippen molar-refractivity contribution in [1.82, 2.24) is 9.88 Å². The van der Waals surface area contributed by atoms with Crippen LogP contribution in [0.15, 0.2) is 70.1 Å². The van der Waals surface area contributed by atoms with Crippen molar-refractivity contribution in [2.45, 2.75) is 46.7 Å². The molecule has 4 aromatic rings. The molecule has 5 rings (SSSR count). The highest BCUT2D eigenvalue weighted by molar-refractivity contribution is 5.99. The molecule has 2 aromatic carbocycles. The molecule has 0 fully saturated rings. The van der Waals surface area contributed by atoms with Gasteiger partial charge in [-0.1, -0.05) is 37.6 Å². The van der Waals surface area contributed by atoms with Gasteiger partial charge in [-0.25, -0.2) is 0 Å². The molecule has 0 spiro atoms. The van der Waals surface area contributed by atoms with Crippen molar-refractivity contribution in [3.05, 3.63) is 99.2 Å². The molecule has 7 heteroatoms. The van der Waals surface area contributed by atoms with Crippen molar-refractivity contribution in [3.63, 3.8) is 0 Å². The zero-order valence-electron chi connectivity index (χ0n) is 22.2. The van der Waals surface area contributed by atoms with E-state index < -0.39 is 6.04 Å². The fourth-order valence-corrected chi connectivity index (χ4v) is 4.82. The molecule has 38 heavy (non-hydrogen) atoms. The number of ether oxygens (including phenoxy) is 2. The lowest BCUT2D eigenvalue weighted by Gasteiger charge is -2.26. The lowest BCUT2D eigenvalue weighted by atomic mass is 9.97. The summed E-state index contributed by atoms with van der Waals surface area (Å²) in [5, 5.41) is 0.462. The molecule has 0 N–H and O–H groups in total. The molecule has 0 radical (unpaired) electrons. The molecule has 1 aliphatic heterocycles. The second-order valence-electron chi connectivity index (χ2n) is 10.0. The summed E-state index contributed by atoms with van der Waals surface area (Å²) in [6.07, 6.45) is 4.33. The first-order chi connectivity index (χ1) is 18.4. The van der Waals surface area contributed by atoms with Crippen LogP contribution in [0.25, 0.3) is 11.0 Å². The highest BCUT2D eigenvalue weighted by Crippen LogP contribution is 2.42. The molecule has 196 valence electrons. The second kappa shape index (κ2) is 10.7. The first kappa shape index (κ1) is 25.5. The number of rotatable bonds is 9. The highest BCUT2D eigenvalue weighted by Gasteiger charge is 2.43. The van der Waals surface area contributed by atoms with E-state index in [4.69, 9.17) is 13.9 Å². The molecule has 0 bridgehead atoms. The van der Waals surface area contributed by atoms with E-state index in [0.29, 0.717) is 47.2 Å². The average molecular weight is 513 g/mol. The Kier molecular flexibility index (Phi) is 7.18. The van der Waals surface area contributed by atoms with Crippen LogP contribution in [0.4, 0.5) is 0 Å². The van der Waals surface area contributed by atoms with E-state index in [9.17, 15) is 9.59 Å². The van der Waals surface area contributed by atoms with E-state index in [1.807, 2.05) is 56.3 Å². The van der Waals surface area contributed by atoms with Crippen LogP contribution in [0.1, 0.15) is 66.0 Å². The van der Waals surface area contributed by atoms with Gasteiger partial charge in [0.25, 0.3) is 5.91 Å². The van der Waals surface area contributed by atoms with Crippen LogP contribution >= 0.6 is 0 Å². The molecule has 0 saturated carbocycles. The number of hydrogen-bond acceptors (Lipinski definition) is 6. The summed E-state index contributed by atoms with van der Waals surface area (Å²) < 4.78 is 18.1. The molecule has 0 saturated heterocycles. The fourth-order valence-electron chi connectivity index (χ4n) is 4.82. The number of benzene rings is 2. The Labute approximate surface area is 222 Å². The Morgan fingerprint density at radius 3 is 2.63 bits per heavy atom. The number of amides is 1. The van der Waals surface area contributed by atoms with Crippen LogP contribution in [0, 0.1) is 12.8 Å².